The molecule has 2 rings (SSSR count). The summed E-state index contributed by atoms with van der Waals surface area (Å²) in [6, 6.07) is 2.51. The molecule has 0 spiro atoms. The monoisotopic (exact) mass is 307 g/mol. The van der Waals surface area contributed by atoms with E-state index < -0.39 is 0 Å². The van der Waals surface area contributed by atoms with Crippen LogP contribution in [-0.4, -0.2) is 16.0 Å². The van der Waals surface area contributed by atoms with Gasteiger partial charge in [-0.2, -0.15) is 4.98 Å². The molecule has 0 aromatic carbocycles. The van der Waals surface area contributed by atoms with Crippen LogP contribution in [0.25, 0.3) is 10.2 Å². The van der Waals surface area contributed by atoms with Gasteiger partial charge >= 0.3 is 0 Å². The zero-order chi connectivity index (χ0) is 15.4. The van der Waals surface area contributed by atoms with Gasteiger partial charge in [-0.15, -0.1) is 11.3 Å². The Hall–Kier alpha value is -1.40. The number of hydrogen-bond acceptors (Lipinski definition) is 6. The Morgan fingerprint density at radius 3 is 2.67 bits per heavy atom. The van der Waals surface area contributed by atoms with Gasteiger partial charge in [-0.05, 0) is 32.3 Å². The lowest BCUT2D eigenvalue weighted by Gasteiger charge is -2.16. The first-order chi connectivity index (χ1) is 9.99. The van der Waals surface area contributed by atoms with Crippen molar-refractivity contribution in [2.24, 2.45) is 11.8 Å². The van der Waals surface area contributed by atoms with Crippen molar-refractivity contribution in [3.8, 4) is 0 Å². The van der Waals surface area contributed by atoms with E-state index in [1.165, 1.54) is 17.7 Å². The van der Waals surface area contributed by atoms with Crippen LogP contribution in [0.5, 0.6) is 0 Å². The van der Waals surface area contributed by atoms with Crippen LogP contribution in [0.2, 0.25) is 0 Å². The minimum Gasteiger partial charge on any atom is -0.367 e. The normalized spacial score (nSPS) is 12.9. The number of anilines is 2. The number of nitrogen functional groups attached to an aromatic ring is 1. The Balaban J connectivity index is 2.12. The maximum atomic E-state index is 5.46. The van der Waals surface area contributed by atoms with E-state index in [4.69, 9.17) is 5.84 Å². The fourth-order valence-corrected chi connectivity index (χ4v) is 3.23. The maximum absolute atomic E-state index is 5.46. The number of fused-ring (bicyclic) bond motifs is 1. The average molecular weight is 307 g/mol. The smallest absolute Gasteiger partial charge is 0.240 e. The first kappa shape index (κ1) is 16.0. The highest BCUT2D eigenvalue weighted by molar-refractivity contribution is 7.18. The van der Waals surface area contributed by atoms with Gasteiger partial charge in [-0.3, -0.25) is 5.43 Å². The Kier molecular flexibility index (Phi) is 5.36. The van der Waals surface area contributed by atoms with E-state index in [-0.39, 0.29) is 0 Å². The zero-order valence-electron chi connectivity index (χ0n) is 13.2. The van der Waals surface area contributed by atoms with Crippen molar-refractivity contribution in [1.29, 1.82) is 0 Å². The standard InChI is InChI=1S/C15H25N5S/c1-9(2)6-5-7-10(3)17-13-12-8-11(4)21-14(12)19-15(18-13)20-16/h8-10H,5-7,16H2,1-4H3,(H2,17,18,19,20). The molecule has 0 bridgehead atoms. The quantitative estimate of drug-likeness (QED) is 0.534. The molecule has 2 aromatic heterocycles. The Morgan fingerprint density at radius 2 is 2.00 bits per heavy atom. The molecule has 1 unspecified atom stereocenters. The minimum atomic E-state index is 0.382. The molecule has 2 aromatic rings. The number of nitrogens with zero attached hydrogens (tertiary/aromatic N) is 2. The molecule has 2 heterocycles. The van der Waals surface area contributed by atoms with Gasteiger partial charge in [0.05, 0.1) is 5.39 Å². The van der Waals surface area contributed by atoms with Gasteiger partial charge in [0.15, 0.2) is 0 Å². The second-order valence-electron chi connectivity index (χ2n) is 5.99. The number of aryl methyl sites for hydroxylation is 1. The van der Waals surface area contributed by atoms with Crippen molar-refractivity contribution in [2.45, 2.75) is 53.0 Å². The van der Waals surface area contributed by atoms with Crippen molar-refractivity contribution in [3.63, 3.8) is 0 Å². The first-order valence-corrected chi connectivity index (χ1v) is 8.32. The van der Waals surface area contributed by atoms with Crippen molar-refractivity contribution in [1.82, 2.24) is 9.97 Å². The molecule has 0 aliphatic rings. The summed E-state index contributed by atoms with van der Waals surface area (Å²) in [6.45, 7) is 8.81. The molecular weight excluding hydrogens is 282 g/mol. The van der Waals surface area contributed by atoms with E-state index in [1.807, 2.05) is 0 Å². The van der Waals surface area contributed by atoms with E-state index in [0.717, 1.165) is 28.4 Å². The molecule has 0 fully saturated rings. The molecular formula is C15H25N5S. The molecule has 0 radical (unpaired) electrons. The molecule has 21 heavy (non-hydrogen) atoms. The second kappa shape index (κ2) is 7.04. The lowest BCUT2D eigenvalue weighted by Crippen LogP contribution is -2.18. The molecule has 0 saturated heterocycles. The topological polar surface area (TPSA) is 75.9 Å². The summed E-state index contributed by atoms with van der Waals surface area (Å²) in [7, 11) is 0. The van der Waals surface area contributed by atoms with Gasteiger partial charge in [-0.25, -0.2) is 10.8 Å². The highest BCUT2D eigenvalue weighted by Gasteiger charge is 2.12. The van der Waals surface area contributed by atoms with E-state index in [2.05, 4.69) is 54.5 Å². The number of nitrogens with one attached hydrogen (secondary N) is 2. The molecule has 0 aliphatic carbocycles. The average Bonchev–Trinajstić information content (AvgIpc) is 2.78. The van der Waals surface area contributed by atoms with Crippen LogP contribution in [0, 0.1) is 12.8 Å². The van der Waals surface area contributed by atoms with E-state index in [1.54, 1.807) is 11.3 Å². The molecule has 4 N–H and O–H groups in total. The van der Waals surface area contributed by atoms with Crippen molar-refractivity contribution in [2.75, 3.05) is 10.7 Å². The largest absolute Gasteiger partial charge is 0.367 e. The molecule has 116 valence electrons. The third-order valence-electron chi connectivity index (χ3n) is 3.45. The van der Waals surface area contributed by atoms with Crippen LogP contribution in [0.4, 0.5) is 11.8 Å². The highest BCUT2D eigenvalue weighted by atomic mass is 32.1. The maximum Gasteiger partial charge on any atom is 0.240 e. The number of hydrazine groups is 1. The molecule has 1 atom stereocenters. The number of nitrogens with two attached hydrogens (primary N) is 1. The van der Waals surface area contributed by atoms with Gasteiger partial charge in [0.2, 0.25) is 5.95 Å². The Labute approximate surface area is 130 Å². The van der Waals surface area contributed by atoms with Gasteiger partial charge in [0.25, 0.3) is 0 Å². The van der Waals surface area contributed by atoms with Crippen LogP contribution in [0.15, 0.2) is 6.07 Å². The Morgan fingerprint density at radius 1 is 1.24 bits per heavy atom. The van der Waals surface area contributed by atoms with Gasteiger partial charge < -0.3 is 5.32 Å². The van der Waals surface area contributed by atoms with Crippen molar-refractivity contribution in [3.05, 3.63) is 10.9 Å². The summed E-state index contributed by atoms with van der Waals surface area (Å²) < 4.78 is 0. The number of thiophene rings is 1. The first-order valence-electron chi connectivity index (χ1n) is 7.51. The third-order valence-corrected chi connectivity index (χ3v) is 4.39. The lowest BCUT2D eigenvalue weighted by atomic mass is 10.0. The Bertz CT molecular complexity index is 593. The van der Waals surface area contributed by atoms with E-state index >= 15 is 0 Å². The van der Waals surface area contributed by atoms with Crippen LogP contribution in [0.1, 0.15) is 44.9 Å². The highest BCUT2D eigenvalue weighted by Crippen LogP contribution is 2.30. The minimum absolute atomic E-state index is 0.382. The number of aromatic nitrogens is 2. The second-order valence-corrected chi connectivity index (χ2v) is 7.22. The van der Waals surface area contributed by atoms with Crippen molar-refractivity contribution >= 4 is 33.3 Å². The molecule has 6 heteroatoms. The predicted octanol–water partition coefficient (Wildman–Crippen LogP) is 3.91. The summed E-state index contributed by atoms with van der Waals surface area (Å²) in [6.07, 6.45) is 3.63. The summed E-state index contributed by atoms with van der Waals surface area (Å²) in [5.41, 5.74) is 2.54. The summed E-state index contributed by atoms with van der Waals surface area (Å²) in [4.78, 5) is 11.1. The fourth-order valence-electron chi connectivity index (χ4n) is 2.35. The van der Waals surface area contributed by atoms with E-state index in [9.17, 15) is 0 Å². The van der Waals surface area contributed by atoms with Crippen molar-refractivity contribution < 1.29 is 0 Å². The molecule has 0 aliphatic heterocycles. The summed E-state index contributed by atoms with van der Waals surface area (Å²) in [5.74, 6) is 7.55. The third kappa shape index (κ3) is 4.28. The number of rotatable bonds is 7. The fraction of sp³-hybridized carbons (Fsp3) is 0.600. The molecule has 0 saturated carbocycles. The molecule has 5 nitrogen and oxygen atoms in total. The van der Waals surface area contributed by atoms with Crippen LogP contribution in [-0.2, 0) is 0 Å². The van der Waals surface area contributed by atoms with Gasteiger partial charge in [0.1, 0.15) is 10.6 Å². The van der Waals surface area contributed by atoms with Gasteiger partial charge in [-0.1, -0.05) is 26.7 Å². The van der Waals surface area contributed by atoms with Crippen LogP contribution < -0.4 is 16.6 Å². The summed E-state index contributed by atoms with van der Waals surface area (Å²) >= 11 is 1.66. The van der Waals surface area contributed by atoms with E-state index in [0.29, 0.717) is 12.0 Å². The predicted molar refractivity (Wildman–Crippen MR) is 91.7 cm³/mol. The lowest BCUT2D eigenvalue weighted by molar-refractivity contribution is 0.520. The summed E-state index contributed by atoms with van der Waals surface area (Å²) in [5, 5.41) is 4.58. The van der Waals surface area contributed by atoms with Crippen LogP contribution in [0.3, 0.4) is 0 Å². The number of hydrogen-bond donors (Lipinski definition) is 3. The van der Waals surface area contributed by atoms with Crippen LogP contribution >= 0.6 is 11.3 Å². The van der Waals surface area contributed by atoms with Gasteiger partial charge in [0, 0.05) is 10.9 Å². The SMILES string of the molecule is Cc1cc2c(NC(C)CCCC(C)C)nc(NN)nc2s1. The zero-order valence-corrected chi connectivity index (χ0v) is 14.0. The molecule has 0 amide bonds.